The van der Waals surface area contributed by atoms with Gasteiger partial charge in [-0.15, -0.1) is 0 Å². The summed E-state index contributed by atoms with van der Waals surface area (Å²) in [5, 5.41) is 9.08. The molecule has 0 aromatic heterocycles. The van der Waals surface area contributed by atoms with Crippen molar-refractivity contribution in [1.82, 2.24) is 0 Å². The largest absolute Gasteiger partial charge is 0.496 e. The summed E-state index contributed by atoms with van der Waals surface area (Å²) in [6.07, 6.45) is 0. The molecule has 0 atom stereocenters. The minimum Gasteiger partial charge on any atom is -0.496 e. The first-order valence-electron chi connectivity index (χ1n) is 6.02. The Labute approximate surface area is 112 Å². The van der Waals surface area contributed by atoms with Gasteiger partial charge in [0.25, 0.3) is 0 Å². The second-order valence-electron chi connectivity index (χ2n) is 4.52. The number of hydrogen-bond donors (Lipinski definition) is 1. The number of aromatic carboxylic acids is 1. The van der Waals surface area contributed by atoms with Gasteiger partial charge >= 0.3 is 5.97 Å². The van der Waals surface area contributed by atoms with Crippen molar-refractivity contribution in [1.29, 1.82) is 0 Å². The lowest BCUT2D eigenvalue weighted by atomic mass is 9.98. The van der Waals surface area contributed by atoms with Gasteiger partial charge in [-0.2, -0.15) is 0 Å². The molecule has 2 aromatic rings. The highest BCUT2D eigenvalue weighted by atomic mass is 16.5. The number of aryl methyl sites for hydroxylation is 2. The molecule has 0 saturated carbocycles. The van der Waals surface area contributed by atoms with Crippen LogP contribution in [0.4, 0.5) is 0 Å². The van der Waals surface area contributed by atoms with Crippen LogP contribution in [0.1, 0.15) is 21.5 Å². The third-order valence-electron chi connectivity index (χ3n) is 3.26. The minimum absolute atomic E-state index is 0.258. The molecular formula is C16H16O3. The number of carboxylic acids is 1. The summed E-state index contributed by atoms with van der Waals surface area (Å²) >= 11 is 0. The summed E-state index contributed by atoms with van der Waals surface area (Å²) in [6, 6.07) is 10.9. The van der Waals surface area contributed by atoms with Gasteiger partial charge in [-0.1, -0.05) is 18.2 Å². The summed E-state index contributed by atoms with van der Waals surface area (Å²) in [6.45, 7) is 4.08. The molecule has 0 heterocycles. The average molecular weight is 256 g/mol. The first-order chi connectivity index (χ1) is 9.02. The molecule has 0 spiro atoms. The Hall–Kier alpha value is -2.29. The van der Waals surface area contributed by atoms with Crippen molar-refractivity contribution in [3.05, 3.63) is 53.1 Å². The lowest BCUT2D eigenvalue weighted by Crippen LogP contribution is -1.98. The Morgan fingerprint density at radius 3 is 2.37 bits per heavy atom. The molecule has 19 heavy (non-hydrogen) atoms. The van der Waals surface area contributed by atoms with E-state index in [2.05, 4.69) is 0 Å². The smallest absolute Gasteiger partial charge is 0.335 e. The van der Waals surface area contributed by atoms with Gasteiger partial charge in [0.2, 0.25) is 0 Å². The molecule has 2 aromatic carbocycles. The second kappa shape index (κ2) is 5.14. The zero-order chi connectivity index (χ0) is 14.0. The highest BCUT2D eigenvalue weighted by Crippen LogP contribution is 2.32. The van der Waals surface area contributed by atoms with Crippen LogP contribution in [0.2, 0.25) is 0 Å². The van der Waals surface area contributed by atoms with Crippen LogP contribution in [0.15, 0.2) is 36.4 Å². The Kier molecular flexibility index (Phi) is 3.56. The van der Waals surface area contributed by atoms with E-state index in [1.165, 1.54) is 11.1 Å². The molecule has 0 fully saturated rings. The van der Waals surface area contributed by atoms with Crippen molar-refractivity contribution in [3.63, 3.8) is 0 Å². The molecule has 3 heteroatoms. The standard InChI is InChI=1S/C16H16O3/c1-10-4-5-12(8-11(10)2)14-9-13(16(17)18)6-7-15(14)19-3/h4-9H,1-3H3,(H,17,18). The van der Waals surface area contributed by atoms with Crippen LogP contribution in [0.3, 0.4) is 0 Å². The van der Waals surface area contributed by atoms with E-state index in [1.807, 2.05) is 32.0 Å². The van der Waals surface area contributed by atoms with E-state index in [4.69, 9.17) is 9.84 Å². The normalized spacial score (nSPS) is 10.3. The van der Waals surface area contributed by atoms with Crippen LogP contribution in [0.5, 0.6) is 5.75 Å². The molecule has 0 unspecified atom stereocenters. The van der Waals surface area contributed by atoms with E-state index in [-0.39, 0.29) is 5.56 Å². The first kappa shape index (κ1) is 13.1. The Bertz CT molecular complexity index is 630. The van der Waals surface area contributed by atoms with E-state index >= 15 is 0 Å². The van der Waals surface area contributed by atoms with Gasteiger partial charge in [0, 0.05) is 5.56 Å². The van der Waals surface area contributed by atoms with Crippen molar-refractivity contribution in [2.75, 3.05) is 7.11 Å². The molecule has 0 aliphatic heterocycles. The van der Waals surface area contributed by atoms with Crippen LogP contribution < -0.4 is 4.74 Å². The Morgan fingerprint density at radius 1 is 1.05 bits per heavy atom. The second-order valence-corrected chi connectivity index (χ2v) is 4.52. The maximum atomic E-state index is 11.1. The predicted octanol–water partition coefficient (Wildman–Crippen LogP) is 3.68. The van der Waals surface area contributed by atoms with Crippen molar-refractivity contribution >= 4 is 5.97 Å². The maximum Gasteiger partial charge on any atom is 0.335 e. The zero-order valence-corrected chi connectivity index (χ0v) is 11.2. The van der Waals surface area contributed by atoms with Crippen molar-refractivity contribution in [2.24, 2.45) is 0 Å². The highest BCUT2D eigenvalue weighted by Gasteiger charge is 2.11. The Morgan fingerprint density at radius 2 is 1.79 bits per heavy atom. The average Bonchev–Trinajstić information content (AvgIpc) is 2.41. The van der Waals surface area contributed by atoms with Gasteiger partial charge in [-0.05, 0) is 48.7 Å². The summed E-state index contributed by atoms with van der Waals surface area (Å²) in [5.41, 5.74) is 4.39. The van der Waals surface area contributed by atoms with Gasteiger partial charge in [-0.25, -0.2) is 4.79 Å². The van der Waals surface area contributed by atoms with Gasteiger partial charge in [-0.3, -0.25) is 0 Å². The fourth-order valence-electron chi connectivity index (χ4n) is 1.98. The minimum atomic E-state index is -0.937. The van der Waals surface area contributed by atoms with Crippen LogP contribution in [0.25, 0.3) is 11.1 Å². The molecule has 3 nitrogen and oxygen atoms in total. The molecule has 0 saturated heterocycles. The van der Waals surface area contributed by atoms with Crippen LogP contribution in [-0.2, 0) is 0 Å². The monoisotopic (exact) mass is 256 g/mol. The van der Waals surface area contributed by atoms with Gasteiger partial charge in [0.1, 0.15) is 5.75 Å². The molecule has 0 aliphatic carbocycles. The molecule has 1 N–H and O–H groups in total. The predicted molar refractivity (Wildman–Crippen MR) is 74.9 cm³/mol. The van der Waals surface area contributed by atoms with E-state index in [0.29, 0.717) is 5.75 Å². The fraction of sp³-hybridized carbons (Fsp3) is 0.188. The van der Waals surface area contributed by atoms with Crippen LogP contribution in [0, 0.1) is 13.8 Å². The van der Waals surface area contributed by atoms with Crippen molar-refractivity contribution in [2.45, 2.75) is 13.8 Å². The summed E-state index contributed by atoms with van der Waals surface area (Å²) in [5.74, 6) is -0.263. The molecule has 0 aliphatic rings. The molecule has 0 bridgehead atoms. The number of ether oxygens (including phenoxy) is 1. The highest BCUT2D eigenvalue weighted by molar-refractivity contribution is 5.90. The quantitative estimate of drug-likeness (QED) is 0.911. The van der Waals surface area contributed by atoms with E-state index in [1.54, 1.807) is 25.3 Å². The number of carbonyl (C=O) groups is 1. The lowest BCUT2D eigenvalue weighted by Gasteiger charge is -2.11. The number of benzene rings is 2. The maximum absolute atomic E-state index is 11.1. The molecule has 98 valence electrons. The SMILES string of the molecule is COc1ccc(C(=O)O)cc1-c1ccc(C)c(C)c1. The third-order valence-corrected chi connectivity index (χ3v) is 3.26. The van der Waals surface area contributed by atoms with E-state index in [9.17, 15) is 4.79 Å². The van der Waals surface area contributed by atoms with Gasteiger partial charge in [0.05, 0.1) is 12.7 Å². The van der Waals surface area contributed by atoms with Crippen molar-refractivity contribution in [3.8, 4) is 16.9 Å². The van der Waals surface area contributed by atoms with Crippen LogP contribution >= 0.6 is 0 Å². The molecule has 0 radical (unpaired) electrons. The summed E-state index contributed by atoms with van der Waals surface area (Å²) in [7, 11) is 1.58. The lowest BCUT2D eigenvalue weighted by molar-refractivity contribution is 0.0697. The van der Waals surface area contributed by atoms with E-state index in [0.717, 1.165) is 11.1 Å². The van der Waals surface area contributed by atoms with Crippen LogP contribution in [-0.4, -0.2) is 18.2 Å². The number of carboxylic acid groups (broad SMARTS) is 1. The molecule has 2 rings (SSSR count). The first-order valence-corrected chi connectivity index (χ1v) is 6.02. The Balaban J connectivity index is 2.61. The summed E-state index contributed by atoms with van der Waals surface area (Å²) in [4.78, 5) is 11.1. The summed E-state index contributed by atoms with van der Waals surface area (Å²) < 4.78 is 5.31. The zero-order valence-electron chi connectivity index (χ0n) is 11.2. The van der Waals surface area contributed by atoms with Crippen molar-refractivity contribution < 1.29 is 14.6 Å². The van der Waals surface area contributed by atoms with Gasteiger partial charge < -0.3 is 9.84 Å². The van der Waals surface area contributed by atoms with E-state index < -0.39 is 5.97 Å². The topological polar surface area (TPSA) is 46.5 Å². The number of methoxy groups -OCH3 is 1. The number of rotatable bonds is 3. The molecular weight excluding hydrogens is 240 g/mol. The van der Waals surface area contributed by atoms with Gasteiger partial charge in [0.15, 0.2) is 0 Å². The molecule has 0 amide bonds. The fourth-order valence-corrected chi connectivity index (χ4v) is 1.98. The third kappa shape index (κ3) is 2.60. The number of hydrogen-bond acceptors (Lipinski definition) is 2.